The summed E-state index contributed by atoms with van der Waals surface area (Å²) in [5, 5.41) is 18.5. The fraction of sp³-hybridized carbons (Fsp3) is 0.385. The Morgan fingerprint density at radius 1 is 1.43 bits per heavy atom. The fourth-order valence-electron chi connectivity index (χ4n) is 1.66. The van der Waals surface area contributed by atoms with Gasteiger partial charge in [-0.3, -0.25) is 5.41 Å². The molecule has 116 valence electrons. The smallest absolute Gasteiger partial charge is 0.419 e. The predicted molar refractivity (Wildman–Crippen MR) is 67.7 cm³/mol. The molecule has 0 radical (unpaired) electrons. The third kappa shape index (κ3) is 5.14. The van der Waals surface area contributed by atoms with Crippen molar-refractivity contribution in [2.45, 2.75) is 32.1 Å². The molecule has 0 aliphatic carbocycles. The number of nitrogens with one attached hydrogen (secondary N) is 2. The summed E-state index contributed by atoms with van der Waals surface area (Å²) in [7, 11) is 0. The molecule has 0 fully saturated rings. The summed E-state index contributed by atoms with van der Waals surface area (Å²) in [6, 6.07) is 2.25. The monoisotopic (exact) mass is 306 g/mol. The van der Waals surface area contributed by atoms with Crippen LogP contribution in [0, 0.1) is 11.2 Å². The lowest BCUT2D eigenvalue weighted by molar-refractivity contribution is -0.140. The Bertz CT molecular complexity index is 543. The first-order valence-corrected chi connectivity index (χ1v) is 6.01. The van der Waals surface area contributed by atoms with Gasteiger partial charge in [0.05, 0.1) is 5.56 Å². The molecule has 0 saturated heterocycles. The molecular formula is C13H14F4N2O2. The lowest BCUT2D eigenvalue weighted by Gasteiger charge is -2.14. The van der Waals surface area contributed by atoms with E-state index in [4.69, 9.17) is 10.5 Å². The third-order valence-corrected chi connectivity index (χ3v) is 2.76. The first-order valence-electron chi connectivity index (χ1n) is 6.01. The molecule has 0 saturated carbocycles. The molecule has 1 rings (SSSR count). The molecule has 3 N–H and O–H groups in total. The molecule has 0 spiro atoms. The summed E-state index contributed by atoms with van der Waals surface area (Å²) in [5.74, 6) is -2.68. The predicted octanol–water partition coefficient (Wildman–Crippen LogP) is 2.82. The van der Waals surface area contributed by atoms with Gasteiger partial charge in [-0.1, -0.05) is 6.07 Å². The van der Waals surface area contributed by atoms with E-state index in [0.717, 1.165) is 6.07 Å². The standard InChI is InChI=1S/C13H14F4N2O2/c1-7(4-11(18)12(20)21)19-6-8-2-3-10(14)9(5-8)13(15,16)17/h2-3,5,7,18-19H,4,6H2,1H3,(H,20,21)/t7-/m1/s1. The number of aliphatic carboxylic acids is 1. The van der Waals surface area contributed by atoms with Crippen LogP contribution in [-0.4, -0.2) is 22.8 Å². The third-order valence-electron chi connectivity index (χ3n) is 2.76. The molecule has 1 aromatic rings. The maximum atomic E-state index is 13.1. The topological polar surface area (TPSA) is 73.2 Å². The number of carboxylic acids is 1. The summed E-state index contributed by atoms with van der Waals surface area (Å²) in [5.41, 5.74) is -1.62. The van der Waals surface area contributed by atoms with Crippen LogP contribution in [0.2, 0.25) is 0 Å². The van der Waals surface area contributed by atoms with Crippen LogP contribution in [0.4, 0.5) is 17.6 Å². The summed E-state index contributed by atoms with van der Waals surface area (Å²) in [6.07, 6.45) is -4.83. The Morgan fingerprint density at radius 2 is 2.05 bits per heavy atom. The molecule has 0 unspecified atom stereocenters. The number of hydrogen-bond acceptors (Lipinski definition) is 3. The van der Waals surface area contributed by atoms with Gasteiger partial charge in [-0.2, -0.15) is 13.2 Å². The van der Waals surface area contributed by atoms with Gasteiger partial charge < -0.3 is 10.4 Å². The maximum absolute atomic E-state index is 13.1. The highest BCUT2D eigenvalue weighted by Gasteiger charge is 2.34. The molecule has 0 aliphatic rings. The van der Waals surface area contributed by atoms with E-state index in [0.29, 0.717) is 6.07 Å². The molecule has 1 aromatic carbocycles. The maximum Gasteiger partial charge on any atom is 0.419 e. The molecule has 0 bridgehead atoms. The number of alkyl halides is 3. The van der Waals surface area contributed by atoms with Gasteiger partial charge in [0, 0.05) is 19.0 Å². The van der Waals surface area contributed by atoms with Crippen molar-refractivity contribution in [1.29, 1.82) is 5.41 Å². The minimum atomic E-state index is -4.77. The number of benzene rings is 1. The van der Waals surface area contributed by atoms with Crippen LogP contribution in [0.15, 0.2) is 18.2 Å². The minimum Gasteiger partial charge on any atom is -0.477 e. The zero-order valence-electron chi connectivity index (χ0n) is 11.1. The van der Waals surface area contributed by atoms with E-state index in [1.165, 1.54) is 6.07 Å². The summed E-state index contributed by atoms with van der Waals surface area (Å²) < 4.78 is 50.7. The molecule has 0 aromatic heterocycles. The van der Waals surface area contributed by atoms with E-state index in [1.807, 2.05) is 0 Å². The first-order chi connectivity index (χ1) is 9.61. The lowest BCUT2D eigenvalue weighted by Crippen LogP contribution is -2.30. The molecule has 8 heteroatoms. The van der Waals surface area contributed by atoms with Gasteiger partial charge in [0.1, 0.15) is 11.5 Å². The van der Waals surface area contributed by atoms with Gasteiger partial charge >= 0.3 is 12.1 Å². The van der Waals surface area contributed by atoms with Crippen LogP contribution in [0.5, 0.6) is 0 Å². The summed E-state index contributed by atoms with van der Waals surface area (Å²) in [6.45, 7) is 1.61. The highest BCUT2D eigenvalue weighted by molar-refractivity contribution is 6.34. The molecule has 4 nitrogen and oxygen atoms in total. The first kappa shape index (κ1) is 17.1. The van der Waals surface area contributed by atoms with Crippen LogP contribution < -0.4 is 5.32 Å². The molecule has 1 atom stereocenters. The fourth-order valence-corrected chi connectivity index (χ4v) is 1.66. The number of halogens is 4. The van der Waals surface area contributed by atoms with Crippen molar-refractivity contribution in [3.63, 3.8) is 0 Å². The Hall–Kier alpha value is -1.96. The zero-order valence-corrected chi connectivity index (χ0v) is 11.1. The van der Waals surface area contributed by atoms with Crippen LogP contribution in [0.25, 0.3) is 0 Å². The van der Waals surface area contributed by atoms with Gasteiger partial charge in [0.15, 0.2) is 0 Å². The Balaban J connectivity index is 2.68. The summed E-state index contributed by atoms with van der Waals surface area (Å²) >= 11 is 0. The molecule has 21 heavy (non-hydrogen) atoms. The van der Waals surface area contributed by atoms with Gasteiger partial charge in [0.2, 0.25) is 0 Å². The van der Waals surface area contributed by atoms with Gasteiger partial charge in [-0.25, -0.2) is 9.18 Å². The number of carboxylic acid groups (broad SMARTS) is 1. The van der Waals surface area contributed by atoms with Gasteiger partial charge in [-0.05, 0) is 24.6 Å². The zero-order chi connectivity index (χ0) is 16.2. The Kier molecular flexibility index (Phi) is 5.42. The lowest BCUT2D eigenvalue weighted by atomic mass is 10.1. The van der Waals surface area contributed by atoms with Crippen molar-refractivity contribution in [2.75, 3.05) is 0 Å². The number of carbonyl (C=O) groups is 1. The Morgan fingerprint density at radius 3 is 2.57 bits per heavy atom. The largest absolute Gasteiger partial charge is 0.477 e. The molecule has 0 aliphatic heterocycles. The van der Waals surface area contributed by atoms with Crippen LogP contribution in [-0.2, 0) is 17.5 Å². The van der Waals surface area contributed by atoms with E-state index >= 15 is 0 Å². The Labute approximate surface area is 118 Å². The van der Waals surface area contributed by atoms with Gasteiger partial charge in [-0.15, -0.1) is 0 Å². The van der Waals surface area contributed by atoms with Crippen LogP contribution >= 0.6 is 0 Å². The van der Waals surface area contributed by atoms with Crippen molar-refractivity contribution in [3.05, 3.63) is 35.1 Å². The normalized spacial score (nSPS) is 13.0. The van der Waals surface area contributed by atoms with E-state index in [9.17, 15) is 22.4 Å². The second-order valence-corrected chi connectivity index (χ2v) is 4.58. The highest BCUT2D eigenvalue weighted by Crippen LogP contribution is 2.31. The quantitative estimate of drug-likeness (QED) is 0.559. The average Bonchev–Trinajstić information content (AvgIpc) is 2.36. The van der Waals surface area contributed by atoms with Crippen LogP contribution in [0.1, 0.15) is 24.5 Å². The van der Waals surface area contributed by atoms with Gasteiger partial charge in [0.25, 0.3) is 0 Å². The van der Waals surface area contributed by atoms with E-state index in [-0.39, 0.29) is 18.5 Å². The molecular weight excluding hydrogens is 292 g/mol. The highest BCUT2D eigenvalue weighted by atomic mass is 19.4. The second kappa shape index (κ2) is 6.66. The van der Waals surface area contributed by atoms with Crippen molar-refractivity contribution in [3.8, 4) is 0 Å². The molecule has 0 heterocycles. The second-order valence-electron chi connectivity index (χ2n) is 4.58. The van der Waals surface area contributed by atoms with E-state index < -0.39 is 35.3 Å². The number of hydrogen-bond donors (Lipinski definition) is 3. The van der Waals surface area contributed by atoms with Crippen molar-refractivity contribution >= 4 is 11.7 Å². The SMILES string of the molecule is C[C@H](CC(=N)C(=O)O)NCc1ccc(F)c(C(F)(F)F)c1. The van der Waals surface area contributed by atoms with Crippen LogP contribution in [0.3, 0.4) is 0 Å². The minimum absolute atomic E-state index is 0.0113. The molecule has 0 amide bonds. The van der Waals surface area contributed by atoms with Crippen molar-refractivity contribution in [1.82, 2.24) is 5.32 Å². The van der Waals surface area contributed by atoms with Crippen molar-refractivity contribution in [2.24, 2.45) is 0 Å². The average molecular weight is 306 g/mol. The van der Waals surface area contributed by atoms with E-state index in [1.54, 1.807) is 6.92 Å². The van der Waals surface area contributed by atoms with Crippen molar-refractivity contribution < 1.29 is 27.5 Å². The number of rotatable bonds is 6. The van der Waals surface area contributed by atoms with E-state index in [2.05, 4.69) is 5.32 Å². The summed E-state index contributed by atoms with van der Waals surface area (Å²) in [4.78, 5) is 10.5.